The molecule has 8 heteroatoms. The Morgan fingerprint density at radius 2 is 1.86 bits per heavy atom. The van der Waals surface area contributed by atoms with E-state index < -0.39 is 12.0 Å². The quantitative estimate of drug-likeness (QED) is 0.598. The molecular weight excluding hydrogens is 325 g/mol. The first-order valence-corrected chi connectivity index (χ1v) is 7.41. The zero-order valence-electron chi connectivity index (χ0n) is 13.5. The minimum atomic E-state index is -0.900. The van der Waals surface area contributed by atoms with E-state index in [0.29, 0.717) is 6.42 Å². The van der Waals surface area contributed by atoms with Crippen LogP contribution in [0.4, 0.5) is 4.79 Å². The minimum absolute atomic E-state index is 0. The summed E-state index contributed by atoms with van der Waals surface area (Å²) in [4.78, 5) is 33.4. The van der Waals surface area contributed by atoms with Gasteiger partial charge in [0, 0.05) is 25.6 Å². The Kier molecular flexibility index (Phi) is 13.2. The Morgan fingerprint density at radius 1 is 1.32 bits per heavy atom. The van der Waals surface area contributed by atoms with E-state index in [0.717, 1.165) is 37.0 Å². The number of urea groups is 1. The van der Waals surface area contributed by atoms with E-state index in [1.54, 1.807) is 0 Å². The SMILES string of the molecule is CCCCC(N)C(=O)O.CCCCC1NC(=O)N(C)C1=O.[V]. The Labute approximate surface area is 143 Å². The summed E-state index contributed by atoms with van der Waals surface area (Å²) in [5.74, 6) is -1.00. The van der Waals surface area contributed by atoms with Gasteiger partial charge in [-0.3, -0.25) is 14.5 Å². The summed E-state index contributed by atoms with van der Waals surface area (Å²) < 4.78 is 0. The number of aliphatic carboxylic acids is 1. The van der Waals surface area contributed by atoms with Crippen LogP contribution in [-0.2, 0) is 28.1 Å². The number of unbranched alkanes of at least 4 members (excludes halogenated alkanes) is 2. The molecule has 1 rings (SSSR count). The summed E-state index contributed by atoms with van der Waals surface area (Å²) in [5, 5.41) is 10.9. The van der Waals surface area contributed by atoms with Gasteiger partial charge in [-0.15, -0.1) is 0 Å². The van der Waals surface area contributed by atoms with Gasteiger partial charge >= 0.3 is 12.0 Å². The van der Waals surface area contributed by atoms with Crippen molar-refractivity contribution in [2.24, 2.45) is 5.73 Å². The molecule has 0 saturated carbocycles. The van der Waals surface area contributed by atoms with Gasteiger partial charge in [0.05, 0.1) is 0 Å². The fraction of sp³-hybridized carbons (Fsp3) is 0.786. The number of nitrogens with zero attached hydrogens (tertiary/aromatic N) is 1. The number of carbonyl (C=O) groups excluding carboxylic acids is 2. The number of carboxylic acids is 1. The average Bonchev–Trinajstić information content (AvgIpc) is 2.70. The number of likely N-dealkylation sites (N-methyl/N-ethyl adjacent to an activating group) is 1. The Bertz CT molecular complexity index is 366. The van der Waals surface area contributed by atoms with Crippen molar-refractivity contribution in [2.75, 3.05) is 7.05 Å². The minimum Gasteiger partial charge on any atom is -0.480 e. The molecule has 0 aromatic rings. The van der Waals surface area contributed by atoms with Gasteiger partial charge < -0.3 is 16.2 Å². The van der Waals surface area contributed by atoms with Gasteiger partial charge in [-0.25, -0.2) is 4.79 Å². The van der Waals surface area contributed by atoms with E-state index in [2.05, 4.69) is 12.2 Å². The van der Waals surface area contributed by atoms with Gasteiger partial charge in [0.25, 0.3) is 5.91 Å². The van der Waals surface area contributed by atoms with E-state index in [1.807, 2.05) is 6.92 Å². The molecule has 0 aliphatic carbocycles. The van der Waals surface area contributed by atoms with E-state index >= 15 is 0 Å². The largest absolute Gasteiger partial charge is 0.480 e. The van der Waals surface area contributed by atoms with Crippen molar-refractivity contribution >= 4 is 17.9 Å². The molecule has 0 aromatic heterocycles. The maximum Gasteiger partial charge on any atom is 0.324 e. The van der Waals surface area contributed by atoms with Crippen molar-refractivity contribution in [1.29, 1.82) is 0 Å². The van der Waals surface area contributed by atoms with Crippen molar-refractivity contribution in [3.63, 3.8) is 0 Å². The molecular formula is C14H27N3O4V. The molecule has 7 nitrogen and oxygen atoms in total. The van der Waals surface area contributed by atoms with E-state index in [4.69, 9.17) is 10.8 Å². The third kappa shape index (κ3) is 8.41. The van der Waals surface area contributed by atoms with Gasteiger partial charge in [-0.2, -0.15) is 0 Å². The zero-order valence-corrected chi connectivity index (χ0v) is 14.9. The number of imide groups is 1. The van der Waals surface area contributed by atoms with Gasteiger partial charge in [-0.05, 0) is 12.8 Å². The molecule has 0 bridgehead atoms. The van der Waals surface area contributed by atoms with Crippen molar-refractivity contribution in [3.8, 4) is 0 Å². The maximum atomic E-state index is 11.3. The number of rotatable bonds is 7. The van der Waals surface area contributed by atoms with E-state index in [1.165, 1.54) is 7.05 Å². The molecule has 127 valence electrons. The normalized spacial score (nSPS) is 18.0. The van der Waals surface area contributed by atoms with Crippen LogP contribution in [-0.4, -0.2) is 47.0 Å². The number of amides is 3. The summed E-state index contributed by atoms with van der Waals surface area (Å²) in [7, 11) is 1.50. The summed E-state index contributed by atoms with van der Waals surface area (Å²) in [6.45, 7) is 4.07. The van der Waals surface area contributed by atoms with E-state index in [-0.39, 0.29) is 36.5 Å². The molecule has 1 radical (unpaired) electrons. The van der Waals surface area contributed by atoms with Crippen molar-refractivity contribution in [3.05, 3.63) is 0 Å². The molecule has 4 N–H and O–H groups in total. The molecule has 1 aliphatic heterocycles. The van der Waals surface area contributed by atoms with Crippen molar-refractivity contribution in [2.45, 2.75) is 64.5 Å². The van der Waals surface area contributed by atoms with Crippen LogP contribution in [0, 0.1) is 0 Å². The first-order chi connectivity index (χ1) is 9.84. The molecule has 0 aromatic carbocycles. The molecule has 2 unspecified atom stereocenters. The molecule has 3 amide bonds. The average molecular weight is 352 g/mol. The second kappa shape index (κ2) is 12.5. The molecule has 1 aliphatic rings. The smallest absolute Gasteiger partial charge is 0.324 e. The standard InChI is InChI=1S/C8H14N2O2.C6H13NO2.V/c1-3-4-5-6-7(11)10(2)8(12)9-6;1-2-3-4-5(7)6(8)9;/h6H,3-5H2,1-2H3,(H,9,12);5H,2-4,7H2,1H3,(H,8,9);. The maximum absolute atomic E-state index is 11.3. The van der Waals surface area contributed by atoms with Crippen LogP contribution in [0.25, 0.3) is 0 Å². The van der Waals surface area contributed by atoms with E-state index in [9.17, 15) is 14.4 Å². The Morgan fingerprint density at radius 3 is 2.23 bits per heavy atom. The van der Waals surface area contributed by atoms with Crippen LogP contribution in [0.3, 0.4) is 0 Å². The summed E-state index contributed by atoms with van der Waals surface area (Å²) in [6.07, 6.45) is 5.26. The molecule has 22 heavy (non-hydrogen) atoms. The predicted octanol–water partition coefficient (Wildman–Crippen LogP) is 1.31. The fourth-order valence-corrected chi connectivity index (χ4v) is 1.79. The van der Waals surface area contributed by atoms with Crippen molar-refractivity contribution < 1.29 is 38.0 Å². The molecule has 2 atom stereocenters. The van der Waals surface area contributed by atoms with Crippen LogP contribution >= 0.6 is 0 Å². The topological polar surface area (TPSA) is 113 Å². The van der Waals surface area contributed by atoms with Crippen LogP contribution in [0.5, 0.6) is 0 Å². The van der Waals surface area contributed by atoms with Crippen LogP contribution < -0.4 is 11.1 Å². The van der Waals surface area contributed by atoms with Gasteiger partial charge in [0.1, 0.15) is 12.1 Å². The first-order valence-electron chi connectivity index (χ1n) is 7.41. The van der Waals surface area contributed by atoms with Crippen LogP contribution in [0.15, 0.2) is 0 Å². The monoisotopic (exact) mass is 352 g/mol. The second-order valence-corrected chi connectivity index (χ2v) is 5.13. The van der Waals surface area contributed by atoms with Crippen LogP contribution in [0.1, 0.15) is 52.4 Å². The fourth-order valence-electron chi connectivity index (χ4n) is 1.79. The predicted molar refractivity (Wildman–Crippen MR) is 79.8 cm³/mol. The second-order valence-electron chi connectivity index (χ2n) is 5.13. The molecule has 0 spiro atoms. The first kappa shape index (κ1) is 23.2. The zero-order chi connectivity index (χ0) is 16.4. The van der Waals surface area contributed by atoms with Gasteiger partial charge in [0.15, 0.2) is 0 Å². The number of carbonyl (C=O) groups is 3. The number of hydrogen-bond donors (Lipinski definition) is 3. The summed E-state index contributed by atoms with van der Waals surface area (Å²) in [5.41, 5.74) is 5.20. The Balaban J connectivity index is 0. The Hall–Kier alpha value is -1.05. The summed E-state index contributed by atoms with van der Waals surface area (Å²) in [6, 6.07) is -1.21. The van der Waals surface area contributed by atoms with Crippen LogP contribution in [0.2, 0.25) is 0 Å². The third-order valence-electron chi connectivity index (χ3n) is 3.26. The molecule has 1 fully saturated rings. The number of nitrogens with one attached hydrogen (secondary N) is 1. The van der Waals surface area contributed by atoms with Crippen molar-refractivity contribution in [1.82, 2.24) is 10.2 Å². The third-order valence-corrected chi connectivity index (χ3v) is 3.26. The summed E-state index contributed by atoms with van der Waals surface area (Å²) >= 11 is 0. The van der Waals surface area contributed by atoms with Gasteiger partial charge in [-0.1, -0.05) is 39.5 Å². The van der Waals surface area contributed by atoms with Gasteiger partial charge in [0.2, 0.25) is 0 Å². The number of carboxylic acid groups (broad SMARTS) is 1. The molecule has 1 saturated heterocycles. The molecule has 1 heterocycles. The number of hydrogen-bond acceptors (Lipinski definition) is 4. The number of nitrogens with two attached hydrogens (primary N) is 1.